The molecular weight excluding hydrogens is 394 g/mol. The number of anilines is 1. The summed E-state index contributed by atoms with van der Waals surface area (Å²) in [5.41, 5.74) is 2.89. The third kappa shape index (κ3) is 4.74. The average molecular weight is 422 g/mol. The molecule has 1 fully saturated rings. The van der Waals surface area contributed by atoms with Crippen LogP contribution in [0.25, 0.3) is 11.0 Å². The molecule has 2 heterocycles. The van der Waals surface area contributed by atoms with Crippen LogP contribution < -0.4 is 5.32 Å². The second kappa shape index (κ2) is 9.26. The number of carbonyl (C=O) groups is 1. The van der Waals surface area contributed by atoms with E-state index in [2.05, 4.69) is 21.7 Å². The molecule has 1 aromatic heterocycles. The SMILES string of the molecule is CCn1c(CN2CCCCCC2)nc2cc(NC(=O)c3ccc([N+](=O)[O-])cc3)ccc21. The fourth-order valence-electron chi connectivity index (χ4n) is 4.16. The largest absolute Gasteiger partial charge is 0.327 e. The van der Waals surface area contributed by atoms with Crippen molar-refractivity contribution in [2.24, 2.45) is 0 Å². The molecule has 1 N–H and O–H groups in total. The smallest absolute Gasteiger partial charge is 0.269 e. The van der Waals surface area contributed by atoms with Gasteiger partial charge in [0.25, 0.3) is 11.6 Å². The number of likely N-dealkylation sites (tertiary alicyclic amines) is 1. The van der Waals surface area contributed by atoms with Gasteiger partial charge in [0, 0.05) is 29.9 Å². The Morgan fingerprint density at radius 2 is 1.81 bits per heavy atom. The molecule has 3 aromatic rings. The molecule has 0 saturated carbocycles. The molecule has 4 rings (SSSR count). The number of imidazole rings is 1. The Bertz CT molecular complexity index is 1080. The molecule has 0 bridgehead atoms. The molecule has 31 heavy (non-hydrogen) atoms. The number of nitro groups is 1. The number of non-ortho nitro benzene ring substituents is 1. The van der Waals surface area contributed by atoms with Crippen LogP contribution in [0.3, 0.4) is 0 Å². The first-order chi connectivity index (χ1) is 15.0. The Morgan fingerprint density at radius 3 is 2.45 bits per heavy atom. The number of nitro benzene ring substituents is 1. The zero-order valence-corrected chi connectivity index (χ0v) is 17.7. The van der Waals surface area contributed by atoms with Crippen molar-refractivity contribution in [1.29, 1.82) is 0 Å². The minimum absolute atomic E-state index is 0.0417. The van der Waals surface area contributed by atoms with E-state index in [1.807, 2.05) is 18.2 Å². The van der Waals surface area contributed by atoms with Gasteiger partial charge in [-0.2, -0.15) is 0 Å². The summed E-state index contributed by atoms with van der Waals surface area (Å²) in [5.74, 6) is 0.743. The number of aryl methyl sites for hydroxylation is 1. The first-order valence-corrected chi connectivity index (χ1v) is 10.8. The third-order valence-electron chi connectivity index (χ3n) is 5.81. The molecule has 0 aliphatic carbocycles. The van der Waals surface area contributed by atoms with Gasteiger partial charge in [-0.1, -0.05) is 12.8 Å². The minimum Gasteiger partial charge on any atom is -0.327 e. The fraction of sp³-hybridized carbons (Fsp3) is 0.391. The lowest BCUT2D eigenvalue weighted by Crippen LogP contribution is -2.25. The highest BCUT2D eigenvalue weighted by atomic mass is 16.6. The number of fused-ring (bicyclic) bond motifs is 1. The van der Waals surface area contributed by atoms with E-state index in [4.69, 9.17) is 4.98 Å². The summed E-state index contributed by atoms with van der Waals surface area (Å²) in [6.45, 7) is 6.03. The topological polar surface area (TPSA) is 93.3 Å². The van der Waals surface area contributed by atoms with Crippen molar-refractivity contribution in [3.8, 4) is 0 Å². The van der Waals surface area contributed by atoms with Crippen LogP contribution in [0.15, 0.2) is 42.5 Å². The average Bonchev–Trinajstić information content (AvgIpc) is 2.91. The number of benzene rings is 2. The zero-order chi connectivity index (χ0) is 21.8. The van der Waals surface area contributed by atoms with Crippen molar-refractivity contribution < 1.29 is 9.72 Å². The molecule has 0 unspecified atom stereocenters. The zero-order valence-electron chi connectivity index (χ0n) is 17.7. The van der Waals surface area contributed by atoms with Crippen molar-refractivity contribution in [1.82, 2.24) is 14.5 Å². The molecule has 1 aliphatic heterocycles. The second-order valence-electron chi connectivity index (χ2n) is 7.92. The lowest BCUT2D eigenvalue weighted by molar-refractivity contribution is -0.384. The number of hydrogen-bond acceptors (Lipinski definition) is 5. The molecule has 0 atom stereocenters. The number of carbonyl (C=O) groups excluding carboxylic acids is 1. The Labute approximate surface area is 181 Å². The lowest BCUT2D eigenvalue weighted by atomic mass is 10.2. The van der Waals surface area contributed by atoms with Crippen LogP contribution in [0.1, 0.15) is 48.8 Å². The second-order valence-corrected chi connectivity index (χ2v) is 7.92. The molecule has 1 saturated heterocycles. The van der Waals surface area contributed by atoms with Gasteiger partial charge in [0.05, 0.1) is 22.5 Å². The van der Waals surface area contributed by atoms with Crippen LogP contribution in [-0.4, -0.2) is 38.4 Å². The third-order valence-corrected chi connectivity index (χ3v) is 5.81. The lowest BCUT2D eigenvalue weighted by Gasteiger charge is -2.19. The highest BCUT2D eigenvalue weighted by Crippen LogP contribution is 2.23. The number of hydrogen-bond donors (Lipinski definition) is 1. The quantitative estimate of drug-likeness (QED) is 0.464. The van der Waals surface area contributed by atoms with E-state index in [0.29, 0.717) is 11.3 Å². The van der Waals surface area contributed by atoms with E-state index >= 15 is 0 Å². The summed E-state index contributed by atoms with van der Waals surface area (Å²) in [5, 5.41) is 13.7. The van der Waals surface area contributed by atoms with Gasteiger partial charge in [0.2, 0.25) is 0 Å². The van der Waals surface area contributed by atoms with Crippen LogP contribution in [-0.2, 0) is 13.1 Å². The summed E-state index contributed by atoms with van der Waals surface area (Å²) < 4.78 is 2.24. The van der Waals surface area contributed by atoms with Crippen molar-refractivity contribution >= 4 is 28.3 Å². The van der Waals surface area contributed by atoms with Gasteiger partial charge < -0.3 is 9.88 Å². The normalized spacial score (nSPS) is 15.0. The maximum Gasteiger partial charge on any atom is 0.269 e. The first-order valence-electron chi connectivity index (χ1n) is 10.8. The molecule has 162 valence electrons. The summed E-state index contributed by atoms with van der Waals surface area (Å²) >= 11 is 0. The summed E-state index contributed by atoms with van der Waals surface area (Å²) in [6.07, 6.45) is 5.09. The van der Waals surface area contributed by atoms with Gasteiger partial charge in [-0.15, -0.1) is 0 Å². The van der Waals surface area contributed by atoms with Gasteiger partial charge in [0.15, 0.2) is 0 Å². The highest BCUT2D eigenvalue weighted by molar-refractivity contribution is 6.05. The van der Waals surface area contributed by atoms with Gasteiger partial charge in [-0.3, -0.25) is 19.8 Å². The number of nitrogens with zero attached hydrogens (tertiary/aromatic N) is 4. The summed E-state index contributed by atoms with van der Waals surface area (Å²) in [7, 11) is 0. The van der Waals surface area contributed by atoms with Crippen LogP contribution in [0.4, 0.5) is 11.4 Å². The molecule has 2 aromatic carbocycles. The highest BCUT2D eigenvalue weighted by Gasteiger charge is 2.16. The number of amides is 1. The van der Waals surface area contributed by atoms with Crippen LogP contribution in [0.5, 0.6) is 0 Å². The Kier molecular flexibility index (Phi) is 6.27. The van der Waals surface area contributed by atoms with E-state index < -0.39 is 4.92 Å². The Balaban J connectivity index is 1.53. The number of aromatic nitrogens is 2. The maximum absolute atomic E-state index is 12.5. The van der Waals surface area contributed by atoms with E-state index in [0.717, 1.165) is 43.0 Å². The standard InChI is InChI=1S/C23H27N5O3/c1-2-27-21-12-9-18(24-23(29)17-7-10-19(11-8-17)28(30)31)15-20(21)25-22(27)16-26-13-5-3-4-6-14-26/h7-12,15H,2-6,13-14,16H2,1H3,(H,24,29). The molecule has 1 amide bonds. The van der Waals surface area contributed by atoms with Crippen LogP contribution >= 0.6 is 0 Å². The number of nitrogens with one attached hydrogen (secondary N) is 1. The summed E-state index contributed by atoms with van der Waals surface area (Å²) in [4.78, 5) is 30.2. The van der Waals surface area contributed by atoms with E-state index in [1.54, 1.807) is 0 Å². The fourth-order valence-corrected chi connectivity index (χ4v) is 4.16. The molecule has 0 radical (unpaired) electrons. The molecule has 8 nitrogen and oxygen atoms in total. The van der Waals surface area contributed by atoms with Crippen molar-refractivity contribution in [2.45, 2.75) is 45.7 Å². The molecular formula is C23H27N5O3. The van der Waals surface area contributed by atoms with Gasteiger partial charge in [-0.25, -0.2) is 4.98 Å². The maximum atomic E-state index is 12.5. The Morgan fingerprint density at radius 1 is 1.10 bits per heavy atom. The van der Waals surface area contributed by atoms with Gasteiger partial charge >= 0.3 is 0 Å². The van der Waals surface area contributed by atoms with E-state index in [-0.39, 0.29) is 11.6 Å². The predicted molar refractivity (Wildman–Crippen MR) is 120 cm³/mol. The Hall–Kier alpha value is -3.26. The van der Waals surface area contributed by atoms with Gasteiger partial charge in [-0.05, 0) is 63.2 Å². The van der Waals surface area contributed by atoms with Crippen LogP contribution in [0.2, 0.25) is 0 Å². The van der Waals surface area contributed by atoms with E-state index in [1.165, 1.54) is 49.9 Å². The van der Waals surface area contributed by atoms with Crippen molar-refractivity contribution in [3.63, 3.8) is 0 Å². The molecule has 1 aliphatic rings. The number of rotatable bonds is 6. The van der Waals surface area contributed by atoms with E-state index in [9.17, 15) is 14.9 Å². The van der Waals surface area contributed by atoms with Crippen LogP contribution in [0, 0.1) is 10.1 Å². The van der Waals surface area contributed by atoms with Gasteiger partial charge in [0.1, 0.15) is 5.82 Å². The summed E-state index contributed by atoms with van der Waals surface area (Å²) in [6, 6.07) is 11.3. The minimum atomic E-state index is -0.483. The monoisotopic (exact) mass is 421 g/mol. The van der Waals surface area contributed by atoms with Crippen molar-refractivity contribution in [2.75, 3.05) is 18.4 Å². The first kappa shape index (κ1) is 21.0. The molecule has 0 spiro atoms. The molecule has 8 heteroatoms. The predicted octanol–water partition coefficient (Wildman–Crippen LogP) is 4.59. The van der Waals surface area contributed by atoms with Crippen molar-refractivity contribution in [3.05, 3.63) is 64.0 Å².